The van der Waals surface area contributed by atoms with Gasteiger partial charge in [-0.3, -0.25) is 4.79 Å². The summed E-state index contributed by atoms with van der Waals surface area (Å²) in [7, 11) is 2.13. The highest BCUT2D eigenvalue weighted by atomic mass is 19.1. The quantitative estimate of drug-likeness (QED) is 0.506. The highest BCUT2D eigenvalue weighted by Gasteiger charge is 2.29. The van der Waals surface area contributed by atoms with Gasteiger partial charge in [0.25, 0.3) is 5.89 Å². The number of aromatic nitrogens is 6. The number of likely N-dealkylation sites (N-methyl/N-ethyl adjacent to an activating group) is 1. The van der Waals surface area contributed by atoms with Crippen LogP contribution in [0.4, 0.5) is 4.39 Å². The number of carbonyl (C=O) groups is 1. The molecule has 1 aliphatic carbocycles. The number of halogens is 1. The van der Waals surface area contributed by atoms with Crippen LogP contribution in [-0.4, -0.2) is 54.6 Å². The maximum absolute atomic E-state index is 12.5. The lowest BCUT2D eigenvalue weighted by atomic mass is 10.2. The third-order valence-electron chi connectivity index (χ3n) is 4.81. The number of hydrogen-bond donors (Lipinski definition) is 1. The summed E-state index contributed by atoms with van der Waals surface area (Å²) in [5, 5.41) is 11.1. The predicted octanol–water partition coefficient (Wildman–Crippen LogP) is 2.63. The van der Waals surface area contributed by atoms with Crippen LogP contribution in [0.5, 0.6) is 0 Å². The fourth-order valence-corrected chi connectivity index (χ4v) is 3.03. The SMILES string of the molecule is CN1CCc2nc[nH]c2C1.Fc1ccn2nccc2c1.O=Cc1nnc(C2CC2)o1. The topological polar surface area (TPSA) is 105 Å². The zero-order valence-electron chi connectivity index (χ0n) is 16.5. The number of rotatable bonds is 2. The van der Waals surface area contributed by atoms with Gasteiger partial charge in [0.2, 0.25) is 12.2 Å². The average molecular weight is 411 g/mol. The van der Waals surface area contributed by atoms with E-state index in [1.54, 1.807) is 29.3 Å². The normalized spacial score (nSPS) is 15.5. The van der Waals surface area contributed by atoms with Gasteiger partial charge >= 0.3 is 0 Å². The van der Waals surface area contributed by atoms with Gasteiger partial charge in [0, 0.05) is 37.8 Å². The zero-order valence-corrected chi connectivity index (χ0v) is 16.5. The molecule has 1 N–H and O–H groups in total. The highest BCUT2D eigenvalue weighted by Crippen LogP contribution is 2.38. The summed E-state index contributed by atoms with van der Waals surface area (Å²) in [6.45, 7) is 2.16. The van der Waals surface area contributed by atoms with E-state index in [1.165, 1.54) is 23.5 Å². The Morgan fingerprint density at radius 3 is 2.93 bits per heavy atom. The summed E-state index contributed by atoms with van der Waals surface area (Å²) in [5.41, 5.74) is 3.31. The molecule has 0 radical (unpaired) electrons. The Hall–Kier alpha value is -3.40. The van der Waals surface area contributed by atoms with E-state index in [2.05, 4.69) is 37.2 Å². The van der Waals surface area contributed by atoms with E-state index < -0.39 is 0 Å². The molecule has 5 heterocycles. The minimum atomic E-state index is -0.229. The number of fused-ring (bicyclic) bond motifs is 2. The Balaban J connectivity index is 0.000000109. The van der Waals surface area contributed by atoms with Gasteiger partial charge in [-0.25, -0.2) is 13.9 Å². The molecule has 1 fully saturated rings. The van der Waals surface area contributed by atoms with Crippen LogP contribution in [-0.2, 0) is 13.0 Å². The molecule has 4 aromatic heterocycles. The number of hydrogen-bond acceptors (Lipinski definition) is 7. The minimum Gasteiger partial charge on any atom is -0.418 e. The van der Waals surface area contributed by atoms with Gasteiger partial charge in [-0.15, -0.1) is 10.2 Å². The molecular weight excluding hydrogens is 389 g/mol. The second-order valence-corrected chi connectivity index (χ2v) is 7.23. The van der Waals surface area contributed by atoms with E-state index in [1.807, 2.05) is 0 Å². The first-order valence-electron chi connectivity index (χ1n) is 9.69. The van der Waals surface area contributed by atoms with E-state index >= 15 is 0 Å². The fourth-order valence-electron chi connectivity index (χ4n) is 3.03. The summed E-state index contributed by atoms with van der Waals surface area (Å²) < 4.78 is 19.1. The van der Waals surface area contributed by atoms with Crippen LogP contribution in [0.1, 0.15) is 46.7 Å². The van der Waals surface area contributed by atoms with Crippen molar-refractivity contribution in [3.05, 3.63) is 65.9 Å². The molecule has 2 aliphatic rings. The fraction of sp³-hybridized carbons (Fsp3) is 0.350. The van der Waals surface area contributed by atoms with E-state index in [0.29, 0.717) is 18.1 Å². The van der Waals surface area contributed by atoms with Crippen LogP contribution in [0.25, 0.3) is 5.52 Å². The second-order valence-electron chi connectivity index (χ2n) is 7.23. The number of nitrogens with zero attached hydrogens (tertiary/aromatic N) is 6. The molecule has 4 aromatic rings. The predicted molar refractivity (Wildman–Crippen MR) is 105 cm³/mol. The summed E-state index contributed by atoms with van der Waals surface area (Å²) in [6, 6.07) is 4.57. The lowest BCUT2D eigenvalue weighted by Crippen LogP contribution is -2.26. The van der Waals surface area contributed by atoms with Gasteiger partial charge in [-0.05, 0) is 38.1 Å². The van der Waals surface area contributed by atoms with Crippen molar-refractivity contribution < 1.29 is 13.6 Å². The third kappa shape index (κ3) is 4.95. The van der Waals surface area contributed by atoms with Crippen LogP contribution < -0.4 is 0 Å². The standard InChI is InChI=1S/C7H5FN2.C7H11N3.C6H6N2O2/c8-6-2-4-10-7(5-6)1-3-9-10;1-10-3-2-6-7(4-10)9-5-8-6;9-3-5-7-8-6(10-5)4-1-2-4/h1-5H;5H,2-4H2,1H3,(H,8,9);3-4H,1-2H2. The van der Waals surface area contributed by atoms with Crippen molar-refractivity contribution in [2.45, 2.75) is 31.7 Å². The van der Waals surface area contributed by atoms with Gasteiger partial charge in [0.15, 0.2) is 0 Å². The zero-order chi connectivity index (χ0) is 20.9. The maximum atomic E-state index is 12.5. The average Bonchev–Trinajstić information content (AvgIpc) is 3.14. The Kier molecular flexibility index (Phi) is 5.94. The lowest BCUT2D eigenvalue weighted by Gasteiger charge is -2.20. The first-order valence-corrected chi connectivity index (χ1v) is 9.69. The van der Waals surface area contributed by atoms with E-state index in [9.17, 15) is 9.18 Å². The van der Waals surface area contributed by atoms with E-state index in [-0.39, 0.29) is 11.7 Å². The number of aromatic amines is 1. The molecule has 0 unspecified atom stereocenters. The van der Waals surface area contributed by atoms with Crippen LogP contribution in [0.3, 0.4) is 0 Å². The molecule has 0 spiro atoms. The Morgan fingerprint density at radius 1 is 1.30 bits per heavy atom. The Bertz CT molecular complexity index is 1120. The van der Waals surface area contributed by atoms with Crippen molar-refractivity contribution in [3.8, 4) is 0 Å². The minimum absolute atomic E-state index is 0.0851. The number of pyridine rings is 1. The molecule has 6 rings (SSSR count). The van der Waals surface area contributed by atoms with Crippen molar-refractivity contribution in [2.24, 2.45) is 0 Å². The monoisotopic (exact) mass is 411 g/mol. The molecule has 9 nitrogen and oxygen atoms in total. The molecule has 0 bridgehead atoms. The summed E-state index contributed by atoms with van der Waals surface area (Å²) >= 11 is 0. The summed E-state index contributed by atoms with van der Waals surface area (Å²) in [5.74, 6) is 0.901. The van der Waals surface area contributed by atoms with Crippen LogP contribution in [0.2, 0.25) is 0 Å². The molecule has 30 heavy (non-hydrogen) atoms. The number of imidazole rings is 1. The number of nitrogens with one attached hydrogen (secondary N) is 1. The maximum Gasteiger partial charge on any atom is 0.280 e. The molecular formula is C20H22FN7O2. The van der Waals surface area contributed by atoms with Crippen molar-refractivity contribution in [2.75, 3.05) is 13.6 Å². The molecule has 10 heteroatoms. The van der Waals surface area contributed by atoms with Gasteiger partial charge < -0.3 is 14.3 Å². The van der Waals surface area contributed by atoms with Gasteiger partial charge in [0.05, 0.1) is 23.2 Å². The Labute approximate surface area is 171 Å². The van der Waals surface area contributed by atoms with Crippen LogP contribution in [0, 0.1) is 5.82 Å². The summed E-state index contributed by atoms with van der Waals surface area (Å²) in [4.78, 5) is 19.7. The number of aldehydes is 1. The van der Waals surface area contributed by atoms with Crippen LogP contribution >= 0.6 is 0 Å². The molecule has 0 saturated heterocycles. The third-order valence-corrected chi connectivity index (χ3v) is 4.81. The van der Waals surface area contributed by atoms with Gasteiger partial charge in [-0.1, -0.05) is 0 Å². The molecule has 1 saturated carbocycles. The molecule has 0 amide bonds. The first kappa shape index (κ1) is 19.9. The first-order chi connectivity index (χ1) is 14.6. The van der Waals surface area contributed by atoms with Gasteiger partial charge in [0.1, 0.15) is 5.82 Å². The van der Waals surface area contributed by atoms with Gasteiger partial charge in [-0.2, -0.15) is 5.10 Å². The van der Waals surface area contributed by atoms with E-state index in [4.69, 9.17) is 4.42 Å². The smallest absolute Gasteiger partial charge is 0.280 e. The van der Waals surface area contributed by atoms with E-state index in [0.717, 1.165) is 37.9 Å². The Morgan fingerprint density at radius 2 is 2.17 bits per heavy atom. The van der Waals surface area contributed by atoms with Crippen molar-refractivity contribution >= 4 is 11.8 Å². The number of H-pyrrole nitrogens is 1. The molecule has 0 atom stereocenters. The largest absolute Gasteiger partial charge is 0.418 e. The molecule has 0 aromatic carbocycles. The lowest BCUT2D eigenvalue weighted by molar-refractivity contribution is 0.109. The van der Waals surface area contributed by atoms with Crippen molar-refractivity contribution in [1.29, 1.82) is 0 Å². The van der Waals surface area contributed by atoms with Crippen LogP contribution in [0.15, 0.2) is 41.3 Å². The number of carbonyl (C=O) groups excluding carboxylic acids is 1. The second kappa shape index (κ2) is 8.95. The summed E-state index contributed by atoms with van der Waals surface area (Å²) in [6.07, 6.45) is 8.89. The highest BCUT2D eigenvalue weighted by molar-refractivity contribution is 5.66. The molecule has 156 valence electrons. The van der Waals surface area contributed by atoms with Crippen molar-refractivity contribution in [3.63, 3.8) is 0 Å². The molecule has 1 aliphatic heterocycles. The van der Waals surface area contributed by atoms with Crippen molar-refractivity contribution in [1.82, 2.24) is 34.7 Å².